The Bertz CT molecular complexity index is 910. The van der Waals surface area contributed by atoms with Gasteiger partial charge in [-0.15, -0.1) is 16.9 Å². The van der Waals surface area contributed by atoms with Crippen molar-refractivity contribution in [3.8, 4) is 5.75 Å². The molecular weight excluding hydrogens is 376 g/mol. The number of thioether (sulfide) groups is 1. The number of benzene rings is 2. The quantitative estimate of drug-likeness (QED) is 0.567. The molecule has 0 aliphatic heterocycles. The Morgan fingerprint density at radius 2 is 1.93 bits per heavy atom. The van der Waals surface area contributed by atoms with Gasteiger partial charge >= 0.3 is 0 Å². The van der Waals surface area contributed by atoms with Crippen LogP contribution in [0.2, 0.25) is 0 Å². The lowest BCUT2D eigenvalue weighted by molar-refractivity contribution is 0.0938. The molecule has 1 aromatic heterocycles. The molecule has 0 aliphatic carbocycles. The average Bonchev–Trinajstić information content (AvgIpc) is 3.21. The van der Waals surface area contributed by atoms with Crippen LogP contribution in [0.3, 0.4) is 0 Å². The lowest BCUT2D eigenvalue weighted by Gasteiger charge is -2.11. The SMILES string of the molecule is COc1ccc(C(O)Cn2cnc(C(=O)NCc3ccc(SC)cc3)n2)cc1. The first-order valence-corrected chi connectivity index (χ1v) is 9.94. The Hall–Kier alpha value is -2.84. The van der Waals surface area contributed by atoms with E-state index >= 15 is 0 Å². The van der Waals surface area contributed by atoms with Crippen LogP contribution < -0.4 is 10.1 Å². The maximum absolute atomic E-state index is 12.3. The number of carbonyl (C=O) groups excluding carboxylic acids is 1. The summed E-state index contributed by atoms with van der Waals surface area (Å²) in [6.45, 7) is 0.596. The Morgan fingerprint density at radius 1 is 1.21 bits per heavy atom. The zero-order chi connectivity index (χ0) is 19.9. The minimum Gasteiger partial charge on any atom is -0.497 e. The normalized spacial score (nSPS) is 11.8. The van der Waals surface area contributed by atoms with E-state index in [4.69, 9.17) is 4.74 Å². The van der Waals surface area contributed by atoms with Crippen molar-refractivity contribution in [2.24, 2.45) is 0 Å². The van der Waals surface area contributed by atoms with E-state index in [1.165, 1.54) is 15.9 Å². The van der Waals surface area contributed by atoms with Crippen LogP contribution in [-0.4, -0.2) is 39.1 Å². The monoisotopic (exact) mass is 398 g/mol. The highest BCUT2D eigenvalue weighted by Crippen LogP contribution is 2.19. The number of carbonyl (C=O) groups is 1. The molecule has 1 unspecified atom stereocenters. The predicted molar refractivity (Wildman–Crippen MR) is 107 cm³/mol. The smallest absolute Gasteiger partial charge is 0.291 e. The third-order valence-electron chi connectivity index (χ3n) is 4.21. The molecule has 0 saturated heterocycles. The van der Waals surface area contributed by atoms with Crippen LogP contribution in [0, 0.1) is 0 Å². The maximum atomic E-state index is 12.3. The maximum Gasteiger partial charge on any atom is 0.291 e. The van der Waals surface area contributed by atoms with Crippen molar-refractivity contribution in [3.63, 3.8) is 0 Å². The standard InChI is InChI=1S/C20H22N4O3S/c1-27-16-7-5-15(6-8-16)18(25)12-24-13-22-19(23-24)20(26)21-11-14-3-9-17(28-2)10-4-14/h3-10,13,18,25H,11-12H2,1-2H3,(H,21,26). The fraction of sp³-hybridized carbons (Fsp3) is 0.250. The van der Waals surface area contributed by atoms with Gasteiger partial charge in [0, 0.05) is 11.4 Å². The number of ether oxygens (including phenoxy) is 1. The highest BCUT2D eigenvalue weighted by molar-refractivity contribution is 7.98. The molecule has 3 aromatic rings. The molecule has 1 amide bonds. The van der Waals surface area contributed by atoms with E-state index in [0.29, 0.717) is 6.54 Å². The lowest BCUT2D eigenvalue weighted by atomic mass is 10.1. The first-order valence-electron chi connectivity index (χ1n) is 8.71. The van der Waals surface area contributed by atoms with Gasteiger partial charge < -0.3 is 15.2 Å². The van der Waals surface area contributed by atoms with Gasteiger partial charge in [-0.2, -0.15) is 0 Å². The summed E-state index contributed by atoms with van der Waals surface area (Å²) < 4.78 is 6.56. The van der Waals surface area contributed by atoms with Crippen molar-refractivity contribution in [2.75, 3.05) is 13.4 Å². The van der Waals surface area contributed by atoms with E-state index in [9.17, 15) is 9.90 Å². The van der Waals surface area contributed by atoms with Gasteiger partial charge in [0.2, 0.25) is 5.82 Å². The van der Waals surface area contributed by atoms with Crippen molar-refractivity contribution >= 4 is 17.7 Å². The molecular formula is C20H22N4O3S. The largest absolute Gasteiger partial charge is 0.497 e. The van der Waals surface area contributed by atoms with Crippen LogP contribution >= 0.6 is 11.8 Å². The number of aliphatic hydroxyl groups excluding tert-OH is 1. The highest BCUT2D eigenvalue weighted by atomic mass is 32.2. The van der Waals surface area contributed by atoms with Gasteiger partial charge in [0.15, 0.2) is 0 Å². The van der Waals surface area contributed by atoms with Crippen LogP contribution in [0.4, 0.5) is 0 Å². The third-order valence-corrected chi connectivity index (χ3v) is 4.96. The van der Waals surface area contributed by atoms with Crippen LogP contribution in [-0.2, 0) is 13.1 Å². The molecule has 1 atom stereocenters. The van der Waals surface area contributed by atoms with Crippen LogP contribution in [0.5, 0.6) is 5.75 Å². The molecule has 0 spiro atoms. The topological polar surface area (TPSA) is 89.3 Å². The summed E-state index contributed by atoms with van der Waals surface area (Å²) in [6.07, 6.45) is 2.69. The van der Waals surface area contributed by atoms with Gasteiger partial charge in [-0.1, -0.05) is 24.3 Å². The molecule has 0 aliphatic rings. The molecule has 7 nitrogen and oxygen atoms in total. The fourth-order valence-electron chi connectivity index (χ4n) is 2.60. The molecule has 28 heavy (non-hydrogen) atoms. The number of nitrogens with one attached hydrogen (secondary N) is 1. The summed E-state index contributed by atoms with van der Waals surface area (Å²) in [5.41, 5.74) is 1.73. The number of hydrogen-bond donors (Lipinski definition) is 2. The van der Waals surface area contributed by atoms with Crippen molar-refractivity contribution in [3.05, 3.63) is 71.8 Å². The number of amides is 1. The third kappa shape index (κ3) is 5.11. The Balaban J connectivity index is 1.55. The van der Waals surface area contributed by atoms with E-state index in [2.05, 4.69) is 15.4 Å². The number of hydrogen-bond acceptors (Lipinski definition) is 6. The molecule has 2 aromatic carbocycles. The van der Waals surface area contributed by atoms with Gasteiger partial charge in [0.1, 0.15) is 12.1 Å². The second-order valence-corrected chi connectivity index (χ2v) is 6.99. The molecule has 1 heterocycles. The Morgan fingerprint density at radius 3 is 2.57 bits per heavy atom. The molecule has 0 radical (unpaired) electrons. The molecule has 0 bridgehead atoms. The number of aliphatic hydroxyl groups is 1. The summed E-state index contributed by atoms with van der Waals surface area (Å²) >= 11 is 1.67. The molecule has 3 rings (SSSR count). The number of methoxy groups -OCH3 is 1. The number of aromatic nitrogens is 3. The second kappa shape index (κ2) is 9.38. The van der Waals surface area contributed by atoms with Gasteiger partial charge in [0.05, 0.1) is 19.8 Å². The predicted octanol–water partition coefficient (Wildman–Crippen LogP) is 2.67. The van der Waals surface area contributed by atoms with Gasteiger partial charge in [0.25, 0.3) is 5.91 Å². The zero-order valence-electron chi connectivity index (χ0n) is 15.7. The summed E-state index contributed by atoms with van der Waals surface area (Å²) in [6, 6.07) is 15.1. The van der Waals surface area contributed by atoms with Crippen LogP contribution in [0.15, 0.2) is 59.8 Å². The first-order chi connectivity index (χ1) is 13.6. The van der Waals surface area contributed by atoms with E-state index in [-0.39, 0.29) is 18.3 Å². The lowest BCUT2D eigenvalue weighted by Crippen LogP contribution is -2.24. The van der Waals surface area contributed by atoms with Gasteiger partial charge in [-0.3, -0.25) is 4.79 Å². The summed E-state index contributed by atoms with van der Waals surface area (Å²) in [5.74, 6) is 0.438. The van der Waals surface area contributed by atoms with E-state index in [0.717, 1.165) is 16.9 Å². The van der Waals surface area contributed by atoms with Gasteiger partial charge in [-0.05, 0) is 41.6 Å². The van der Waals surface area contributed by atoms with Crippen molar-refractivity contribution in [1.82, 2.24) is 20.1 Å². The Kier molecular flexibility index (Phi) is 6.67. The number of rotatable bonds is 8. The van der Waals surface area contributed by atoms with Crippen LogP contribution in [0.1, 0.15) is 27.8 Å². The minimum absolute atomic E-state index is 0.0719. The molecule has 2 N–H and O–H groups in total. The fourth-order valence-corrected chi connectivity index (χ4v) is 3.01. The van der Waals surface area contributed by atoms with Crippen molar-refractivity contribution in [2.45, 2.75) is 24.1 Å². The zero-order valence-corrected chi connectivity index (χ0v) is 16.5. The van der Waals surface area contributed by atoms with E-state index in [1.54, 1.807) is 43.1 Å². The minimum atomic E-state index is -0.765. The second-order valence-electron chi connectivity index (χ2n) is 6.11. The van der Waals surface area contributed by atoms with Crippen molar-refractivity contribution in [1.29, 1.82) is 0 Å². The Labute approximate surface area is 167 Å². The summed E-state index contributed by atoms with van der Waals surface area (Å²) in [4.78, 5) is 17.5. The molecule has 146 valence electrons. The summed E-state index contributed by atoms with van der Waals surface area (Å²) in [7, 11) is 1.59. The van der Waals surface area contributed by atoms with E-state index in [1.807, 2.05) is 30.5 Å². The highest BCUT2D eigenvalue weighted by Gasteiger charge is 2.14. The van der Waals surface area contributed by atoms with E-state index < -0.39 is 6.10 Å². The van der Waals surface area contributed by atoms with Crippen molar-refractivity contribution < 1.29 is 14.6 Å². The molecule has 0 fully saturated rings. The number of nitrogens with zero attached hydrogens (tertiary/aromatic N) is 3. The average molecular weight is 398 g/mol. The summed E-state index contributed by atoms with van der Waals surface area (Å²) in [5, 5.41) is 17.3. The molecule has 0 saturated carbocycles. The first kappa shape index (κ1) is 19.9. The van der Waals surface area contributed by atoms with Crippen LogP contribution in [0.25, 0.3) is 0 Å². The molecule has 8 heteroatoms. The van der Waals surface area contributed by atoms with Gasteiger partial charge in [-0.25, -0.2) is 9.67 Å².